The number of benzene rings is 1. The Bertz CT molecular complexity index is 774. The van der Waals surface area contributed by atoms with Crippen molar-refractivity contribution in [2.75, 3.05) is 20.8 Å². The molecule has 2 rings (SSSR count). The van der Waals surface area contributed by atoms with Crippen LogP contribution in [0.2, 0.25) is 0 Å². The Morgan fingerprint density at radius 3 is 2.52 bits per heavy atom. The summed E-state index contributed by atoms with van der Waals surface area (Å²) in [4.78, 5) is 3.99. The molecule has 0 bridgehead atoms. The highest BCUT2D eigenvalue weighted by atomic mass is 32.1. The highest BCUT2D eigenvalue weighted by molar-refractivity contribution is 7.96. The number of amidine groups is 1. The molecule has 1 aromatic rings. The van der Waals surface area contributed by atoms with E-state index in [1.54, 1.807) is 0 Å². The van der Waals surface area contributed by atoms with E-state index in [0.29, 0.717) is 6.07 Å². The van der Waals surface area contributed by atoms with Gasteiger partial charge >= 0.3 is 12.4 Å². The highest BCUT2D eigenvalue weighted by Crippen LogP contribution is 2.37. The summed E-state index contributed by atoms with van der Waals surface area (Å²) in [5.41, 5.74) is -1.26. The second-order valence-electron chi connectivity index (χ2n) is 6.75. The molecule has 1 aromatic carbocycles. The fourth-order valence-electron chi connectivity index (χ4n) is 3.02. The molecule has 1 fully saturated rings. The second-order valence-corrected chi connectivity index (χ2v) is 7.17. The fourth-order valence-corrected chi connectivity index (χ4v) is 3.17. The van der Waals surface area contributed by atoms with Crippen molar-refractivity contribution in [3.63, 3.8) is 0 Å². The van der Waals surface area contributed by atoms with Crippen molar-refractivity contribution in [1.29, 1.82) is 0 Å². The van der Waals surface area contributed by atoms with Crippen LogP contribution in [0.1, 0.15) is 17.5 Å². The van der Waals surface area contributed by atoms with E-state index in [1.165, 1.54) is 13.1 Å². The van der Waals surface area contributed by atoms with Crippen LogP contribution in [0.3, 0.4) is 0 Å². The van der Waals surface area contributed by atoms with Gasteiger partial charge in [-0.3, -0.25) is 4.99 Å². The first-order chi connectivity index (χ1) is 14.4. The third-order valence-corrected chi connectivity index (χ3v) is 4.91. The first kappa shape index (κ1) is 25.6. The minimum Gasteiger partial charge on any atom is -0.496 e. The van der Waals surface area contributed by atoms with Crippen LogP contribution in [0, 0.1) is 0 Å². The molecule has 1 aliphatic rings. The summed E-state index contributed by atoms with van der Waals surface area (Å²) in [6, 6.07) is 2.03. The zero-order valence-corrected chi connectivity index (χ0v) is 17.4. The zero-order chi connectivity index (χ0) is 23.4. The molecule has 1 aliphatic heterocycles. The van der Waals surface area contributed by atoms with Gasteiger partial charge in [0.1, 0.15) is 11.8 Å². The van der Waals surface area contributed by atoms with Crippen molar-refractivity contribution in [1.82, 2.24) is 5.32 Å². The van der Waals surface area contributed by atoms with Gasteiger partial charge in [0.15, 0.2) is 11.3 Å². The van der Waals surface area contributed by atoms with Crippen molar-refractivity contribution in [3.05, 3.63) is 29.3 Å². The van der Waals surface area contributed by atoms with E-state index in [2.05, 4.69) is 27.7 Å². The third kappa shape index (κ3) is 6.89. The standard InChI is InChI=1S/C18H22F6N2O4S/c1-25-16(31)26-11-8-29-14(6-12(11)27)15(18(22,23)24)30-7-9-3-4-13(28-2)10(5-9)17(19,20)21/h3-5,11-12,14-15,27H,6-8H2,1-2H3,(H2,25,26,31)/t11?,12-,14-,15+/m0/s1. The number of thiol groups is 1. The van der Waals surface area contributed by atoms with Crippen LogP contribution in [-0.4, -0.2) is 61.6 Å². The van der Waals surface area contributed by atoms with E-state index in [9.17, 15) is 31.4 Å². The van der Waals surface area contributed by atoms with Crippen molar-refractivity contribution in [2.45, 2.75) is 49.7 Å². The average Bonchev–Trinajstić information content (AvgIpc) is 2.68. The third-order valence-electron chi connectivity index (χ3n) is 4.57. The second kappa shape index (κ2) is 10.3. The smallest absolute Gasteiger partial charge is 0.419 e. The Labute approximate surface area is 180 Å². The van der Waals surface area contributed by atoms with Gasteiger partial charge in [0, 0.05) is 13.5 Å². The molecule has 31 heavy (non-hydrogen) atoms. The maximum Gasteiger partial charge on any atom is 0.419 e. The monoisotopic (exact) mass is 476 g/mol. The number of rotatable bonds is 6. The molecule has 0 aliphatic carbocycles. The number of halogens is 6. The molecule has 0 amide bonds. The molecular weight excluding hydrogens is 454 g/mol. The van der Waals surface area contributed by atoms with Crippen molar-refractivity contribution >= 4 is 17.8 Å². The number of hydrogen-bond donors (Lipinski definition) is 3. The molecule has 6 nitrogen and oxygen atoms in total. The Kier molecular flexibility index (Phi) is 8.47. The minimum atomic E-state index is -4.88. The Morgan fingerprint density at radius 2 is 2.00 bits per heavy atom. The lowest BCUT2D eigenvalue weighted by Crippen LogP contribution is -2.51. The van der Waals surface area contributed by atoms with Gasteiger partial charge in [0.2, 0.25) is 0 Å². The topological polar surface area (TPSA) is 72.3 Å². The molecule has 176 valence electrons. The lowest BCUT2D eigenvalue weighted by Gasteiger charge is -2.36. The van der Waals surface area contributed by atoms with Gasteiger partial charge in [-0.15, -0.1) is 12.6 Å². The average molecular weight is 476 g/mol. The van der Waals surface area contributed by atoms with Crippen molar-refractivity contribution in [2.24, 2.45) is 4.99 Å². The summed E-state index contributed by atoms with van der Waals surface area (Å²) in [5.74, 6) is -0.459. The molecule has 13 heteroatoms. The number of nitrogens with zero attached hydrogens (tertiary/aromatic N) is 1. The molecule has 0 spiro atoms. The molecule has 0 radical (unpaired) electrons. The summed E-state index contributed by atoms with van der Waals surface area (Å²) in [5, 5.41) is 12.9. The minimum absolute atomic E-state index is 0.130. The molecule has 1 heterocycles. The van der Waals surface area contributed by atoms with E-state index < -0.39 is 61.0 Å². The number of methoxy groups -OCH3 is 1. The van der Waals surface area contributed by atoms with Gasteiger partial charge in [-0.1, -0.05) is 6.07 Å². The number of aliphatic hydroxyl groups is 1. The summed E-state index contributed by atoms with van der Waals surface area (Å²) in [6.45, 7) is -1.07. The summed E-state index contributed by atoms with van der Waals surface area (Å²) < 4.78 is 94.8. The van der Waals surface area contributed by atoms with Crippen LogP contribution in [0.15, 0.2) is 23.2 Å². The van der Waals surface area contributed by atoms with E-state index >= 15 is 0 Å². The zero-order valence-electron chi connectivity index (χ0n) is 16.5. The van der Waals surface area contributed by atoms with Crippen molar-refractivity contribution in [3.8, 4) is 5.75 Å². The van der Waals surface area contributed by atoms with E-state index in [4.69, 9.17) is 9.47 Å². The quantitative estimate of drug-likeness (QED) is 0.255. The first-order valence-corrected chi connectivity index (χ1v) is 9.48. The van der Waals surface area contributed by atoms with E-state index in [1.807, 2.05) is 0 Å². The lowest BCUT2D eigenvalue weighted by atomic mass is 9.98. The number of ether oxygens (including phenoxy) is 3. The SMILES string of the molecule is CN/C(S)=N/C1CO[C@H]([C@@H](OCc2ccc(OC)c(C(F)(F)F)c2)C(F)(F)F)C[C@@H]1O. The fraction of sp³-hybridized carbons (Fsp3) is 0.611. The van der Waals surface area contributed by atoms with Gasteiger partial charge < -0.3 is 24.6 Å². The maximum atomic E-state index is 13.5. The lowest BCUT2D eigenvalue weighted by molar-refractivity contribution is -0.265. The van der Waals surface area contributed by atoms with Gasteiger partial charge in [-0.05, 0) is 17.7 Å². The molecule has 4 atom stereocenters. The largest absolute Gasteiger partial charge is 0.496 e. The van der Waals surface area contributed by atoms with Crippen LogP contribution in [-0.2, 0) is 22.3 Å². The number of aliphatic hydroxyl groups excluding tert-OH is 1. The van der Waals surface area contributed by atoms with Crippen molar-refractivity contribution < 1.29 is 45.7 Å². The normalized spacial score (nSPS) is 24.1. The highest BCUT2D eigenvalue weighted by Gasteiger charge is 2.49. The van der Waals surface area contributed by atoms with Gasteiger partial charge in [-0.2, -0.15) is 26.3 Å². The molecular formula is C18H22F6N2O4S. The van der Waals surface area contributed by atoms with Crippen LogP contribution < -0.4 is 10.1 Å². The van der Waals surface area contributed by atoms with E-state index in [-0.39, 0.29) is 17.3 Å². The summed E-state index contributed by atoms with van der Waals surface area (Å²) in [6.07, 6.45) is -15.3. The maximum absolute atomic E-state index is 13.5. The van der Waals surface area contributed by atoms with Gasteiger partial charge in [-0.25, -0.2) is 0 Å². The van der Waals surface area contributed by atoms with Crippen LogP contribution in [0.5, 0.6) is 5.75 Å². The molecule has 1 saturated heterocycles. The molecule has 0 aromatic heterocycles. The first-order valence-electron chi connectivity index (χ1n) is 9.03. The van der Waals surface area contributed by atoms with Gasteiger partial charge in [0.25, 0.3) is 0 Å². The molecule has 0 saturated carbocycles. The summed E-state index contributed by atoms with van der Waals surface area (Å²) in [7, 11) is 2.58. The van der Waals surface area contributed by atoms with Gasteiger partial charge in [0.05, 0.1) is 38.1 Å². The van der Waals surface area contributed by atoms with E-state index in [0.717, 1.165) is 13.2 Å². The van der Waals surface area contributed by atoms with Crippen LogP contribution in [0.25, 0.3) is 0 Å². The number of alkyl halides is 6. The predicted molar refractivity (Wildman–Crippen MR) is 102 cm³/mol. The Morgan fingerprint density at radius 1 is 1.32 bits per heavy atom. The van der Waals surface area contributed by atoms with Crippen LogP contribution >= 0.6 is 12.6 Å². The number of aliphatic imine (C=N–C) groups is 1. The summed E-state index contributed by atoms with van der Waals surface area (Å²) >= 11 is 3.98. The molecule has 1 unspecified atom stereocenters. The molecule has 2 N–H and O–H groups in total. The number of hydrogen-bond acceptors (Lipinski definition) is 5. The Balaban J connectivity index is 2.14. The Hall–Kier alpha value is -1.70. The van der Waals surface area contributed by atoms with Crippen LogP contribution in [0.4, 0.5) is 26.3 Å². The number of nitrogens with one attached hydrogen (secondary N) is 1. The predicted octanol–water partition coefficient (Wildman–Crippen LogP) is 3.19.